The number of benzene rings is 1. The van der Waals surface area contributed by atoms with Gasteiger partial charge < -0.3 is 10.1 Å². The Bertz CT molecular complexity index is 670. The van der Waals surface area contributed by atoms with Crippen molar-refractivity contribution in [1.82, 2.24) is 9.88 Å². The van der Waals surface area contributed by atoms with E-state index in [4.69, 9.17) is 0 Å². The van der Waals surface area contributed by atoms with Gasteiger partial charge in [-0.3, -0.25) is 9.69 Å². The molecule has 1 aliphatic heterocycles. The lowest BCUT2D eigenvalue weighted by atomic mass is 9.92. The second-order valence-corrected chi connectivity index (χ2v) is 6.04. The molecule has 1 aliphatic rings. The maximum absolute atomic E-state index is 11.8. The van der Waals surface area contributed by atoms with E-state index in [1.807, 2.05) is 37.4 Å². The second kappa shape index (κ2) is 6.00. The van der Waals surface area contributed by atoms with Gasteiger partial charge in [-0.25, -0.2) is 0 Å². The number of piperidine rings is 1. The van der Waals surface area contributed by atoms with Gasteiger partial charge in [0.1, 0.15) is 0 Å². The summed E-state index contributed by atoms with van der Waals surface area (Å²) in [7, 11) is 0. The van der Waals surface area contributed by atoms with Crippen LogP contribution in [-0.2, 0) is 6.54 Å². The highest BCUT2D eigenvalue weighted by atomic mass is 16.3. The third-order valence-corrected chi connectivity index (χ3v) is 4.60. The predicted molar refractivity (Wildman–Crippen MR) is 84.3 cm³/mol. The number of nitrogens with zero attached hydrogens (tertiary/aromatic N) is 1. The molecular weight excluding hydrogens is 264 g/mol. The van der Waals surface area contributed by atoms with Crippen molar-refractivity contribution >= 4 is 10.8 Å². The molecule has 0 amide bonds. The summed E-state index contributed by atoms with van der Waals surface area (Å²) in [6, 6.07) is 7.76. The zero-order valence-corrected chi connectivity index (χ0v) is 12.4. The number of likely N-dealkylation sites (tertiary alicyclic amines) is 1. The van der Waals surface area contributed by atoms with Gasteiger partial charge in [-0.15, -0.1) is 0 Å². The van der Waals surface area contributed by atoms with Crippen molar-refractivity contribution in [3.8, 4) is 0 Å². The minimum absolute atomic E-state index is 0.0258. The van der Waals surface area contributed by atoms with Gasteiger partial charge in [0.05, 0.1) is 6.10 Å². The molecule has 21 heavy (non-hydrogen) atoms. The fourth-order valence-electron chi connectivity index (χ4n) is 3.23. The quantitative estimate of drug-likeness (QED) is 0.908. The lowest BCUT2D eigenvalue weighted by Gasteiger charge is -2.33. The molecule has 0 bridgehead atoms. The van der Waals surface area contributed by atoms with Gasteiger partial charge in [-0.2, -0.15) is 0 Å². The van der Waals surface area contributed by atoms with Crippen LogP contribution in [0.5, 0.6) is 0 Å². The van der Waals surface area contributed by atoms with Gasteiger partial charge in [-0.05, 0) is 55.8 Å². The highest BCUT2D eigenvalue weighted by Crippen LogP contribution is 2.23. The first-order valence-corrected chi connectivity index (χ1v) is 7.65. The summed E-state index contributed by atoms with van der Waals surface area (Å²) < 4.78 is 0. The van der Waals surface area contributed by atoms with Crippen LogP contribution >= 0.6 is 0 Å². The van der Waals surface area contributed by atoms with E-state index in [0.717, 1.165) is 43.2 Å². The van der Waals surface area contributed by atoms with E-state index in [-0.39, 0.29) is 11.7 Å². The summed E-state index contributed by atoms with van der Waals surface area (Å²) in [6.07, 6.45) is 3.71. The van der Waals surface area contributed by atoms with Gasteiger partial charge in [0, 0.05) is 18.1 Å². The molecule has 4 nitrogen and oxygen atoms in total. The number of hydrogen-bond acceptors (Lipinski definition) is 3. The molecule has 1 aromatic heterocycles. The summed E-state index contributed by atoms with van der Waals surface area (Å²) in [5, 5.41) is 11.5. The maximum atomic E-state index is 11.8. The van der Waals surface area contributed by atoms with Crippen LogP contribution in [0.15, 0.2) is 35.3 Å². The average Bonchev–Trinajstić information content (AvgIpc) is 2.51. The molecule has 3 rings (SSSR count). The van der Waals surface area contributed by atoms with Gasteiger partial charge in [-0.1, -0.05) is 18.2 Å². The number of aliphatic hydroxyl groups is 1. The molecule has 1 atom stereocenters. The van der Waals surface area contributed by atoms with Crippen molar-refractivity contribution in [1.29, 1.82) is 0 Å². The van der Waals surface area contributed by atoms with Crippen LogP contribution in [0.4, 0.5) is 0 Å². The van der Waals surface area contributed by atoms with Crippen molar-refractivity contribution in [3.05, 3.63) is 46.4 Å². The largest absolute Gasteiger partial charge is 0.393 e. The van der Waals surface area contributed by atoms with E-state index in [2.05, 4.69) is 9.88 Å². The Morgan fingerprint density at radius 2 is 1.95 bits per heavy atom. The first-order valence-electron chi connectivity index (χ1n) is 7.65. The zero-order valence-electron chi connectivity index (χ0n) is 12.4. The molecule has 2 N–H and O–H groups in total. The van der Waals surface area contributed by atoms with Crippen LogP contribution in [0.2, 0.25) is 0 Å². The molecular formula is C17H22N2O2. The molecule has 0 saturated carbocycles. The van der Waals surface area contributed by atoms with E-state index in [0.29, 0.717) is 5.92 Å². The van der Waals surface area contributed by atoms with E-state index >= 15 is 0 Å². The topological polar surface area (TPSA) is 56.3 Å². The molecule has 0 spiro atoms. The molecule has 2 heterocycles. The monoisotopic (exact) mass is 286 g/mol. The van der Waals surface area contributed by atoms with Crippen LogP contribution in [0.3, 0.4) is 0 Å². The Hall–Kier alpha value is -1.65. The number of aliphatic hydroxyl groups excluding tert-OH is 1. The number of aromatic nitrogens is 1. The van der Waals surface area contributed by atoms with Crippen molar-refractivity contribution in [2.24, 2.45) is 5.92 Å². The molecule has 0 aliphatic carbocycles. The van der Waals surface area contributed by atoms with Gasteiger partial charge >= 0.3 is 0 Å². The van der Waals surface area contributed by atoms with Crippen LogP contribution in [-0.4, -0.2) is 34.2 Å². The molecule has 1 saturated heterocycles. The molecule has 0 unspecified atom stereocenters. The Balaban J connectivity index is 1.78. The third kappa shape index (κ3) is 3.01. The van der Waals surface area contributed by atoms with Gasteiger partial charge in [0.2, 0.25) is 0 Å². The molecule has 1 fully saturated rings. The highest BCUT2D eigenvalue weighted by molar-refractivity contribution is 5.84. The third-order valence-electron chi connectivity index (χ3n) is 4.60. The van der Waals surface area contributed by atoms with Crippen LogP contribution < -0.4 is 5.56 Å². The minimum atomic E-state index is -0.207. The first-order chi connectivity index (χ1) is 10.1. The fourth-order valence-corrected chi connectivity index (χ4v) is 3.23. The Labute approximate surface area is 124 Å². The van der Waals surface area contributed by atoms with Gasteiger partial charge in [0.15, 0.2) is 0 Å². The number of hydrogen-bond donors (Lipinski definition) is 2. The first kappa shape index (κ1) is 14.3. The average molecular weight is 286 g/mol. The van der Waals surface area contributed by atoms with Crippen molar-refractivity contribution < 1.29 is 5.11 Å². The standard InChI is InChI=1S/C17H22N2O2/c1-12(20)13-6-8-19(9-7-13)11-14-10-18-17(21)16-5-3-2-4-15(14)16/h2-5,10,12-13,20H,6-9,11H2,1H3,(H,18,21)/t12-/m0/s1. The molecule has 0 radical (unpaired) electrons. The van der Waals surface area contributed by atoms with Gasteiger partial charge in [0.25, 0.3) is 5.56 Å². The molecule has 4 heteroatoms. The number of rotatable bonds is 3. The predicted octanol–water partition coefficient (Wildman–Crippen LogP) is 2.12. The zero-order chi connectivity index (χ0) is 14.8. The number of nitrogens with one attached hydrogen (secondary N) is 1. The van der Waals surface area contributed by atoms with Crippen LogP contribution in [0.25, 0.3) is 10.8 Å². The van der Waals surface area contributed by atoms with Crippen LogP contribution in [0.1, 0.15) is 25.3 Å². The summed E-state index contributed by atoms with van der Waals surface area (Å²) in [5.41, 5.74) is 1.14. The SMILES string of the molecule is C[C@H](O)C1CCN(Cc2c[nH]c(=O)c3ccccc23)CC1. The Morgan fingerprint density at radius 1 is 1.29 bits per heavy atom. The number of aromatic amines is 1. The molecule has 112 valence electrons. The second-order valence-electron chi connectivity index (χ2n) is 6.04. The smallest absolute Gasteiger partial charge is 0.255 e. The maximum Gasteiger partial charge on any atom is 0.255 e. The minimum Gasteiger partial charge on any atom is -0.393 e. The lowest BCUT2D eigenvalue weighted by molar-refractivity contribution is 0.0696. The normalized spacial score (nSPS) is 19.0. The summed E-state index contributed by atoms with van der Waals surface area (Å²) >= 11 is 0. The van der Waals surface area contributed by atoms with Crippen molar-refractivity contribution in [2.75, 3.05) is 13.1 Å². The van der Waals surface area contributed by atoms with Crippen molar-refractivity contribution in [3.63, 3.8) is 0 Å². The number of fused-ring (bicyclic) bond motifs is 1. The summed E-state index contributed by atoms with van der Waals surface area (Å²) in [5.74, 6) is 0.425. The summed E-state index contributed by atoms with van der Waals surface area (Å²) in [6.45, 7) is 4.74. The Kier molecular flexibility index (Phi) is 4.08. The lowest BCUT2D eigenvalue weighted by Crippen LogP contribution is -2.36. The Morgan fingerprint density at radius 3 is 2.62 bits per heavy atom. The molecule has 1 aromatic carbocycles. The number of pyridine rings is 1. The summed E-state index contributed by atoms with van der Waals surface area (Å²) in [4.78, 5) is 17.1. The fraction of sp³-hybridized carbons (Fsp3) is 0.471. The van der Waals surface area contributed by atoms with Crippen molar-refractivity contribution in [2.45, 2.75) is 32.4 Å². The van der Waals surface area contributed by atoms with E-state index < -0.39 is 0 Å². The number of H-pyrrole nitrogens is 1. The van der Waals surface area contributed by atoms with E-state index in [1.54, 1.807) is 0 Å². The molecule has 2 aromatic rings. The highest BCUT2D eigenvalue weighted by Gasteiger charge is 2.22. The van der Waals surface area contributed by atoms with E-state index in [1.165, 1.54) is 5.56 Å². The van der Waals surface area contributed by atoms with Crippen LogP contribution in [0, 0.1) is 5.92 Å². The van der Waals surface area contributed by atoms with E-state index in [9.17, 15) is 9.90 Å².